The van der Waals surface area contributed by atoms with E-state index < -0.39 is 9.84 Å². The number of sulfone groups is 1. The molecule has 1 saturated carbocycles. The van der Waals surface area contributed by atoms with Gasteiger partial charge in [0.25, 0.3) is 5.91 Å². The van der Waals surface area contributed by atoms with Crippen LogP contribution < -0.4 is 0 Å². The average molecular weight is 370 g/mol. The number of hydrogen-bond donors (Lipinski definition) is 0. The van der Waals surface area contributed by atoms with Crippen molar-refractivity contribution in [2.45, 2.75) is 30.6 Å². The van der Waals surface area contributed by atoms with Crippen molar-refractivity contribution in [1.29, 1.82) is 0 Å². The van der Waals surface area contributed by atoms with Crippen LogP contribution in [0.25, 0.3) is 5.52 Å². The van der Waals surface area contributed by atoms with Crippen LogP contribution in [0.5, 0.6) is 0 Å². The zero-order chi connectivity index (χ0) is 18.3. The van der Waals surface area contributed by atoms with E-state index in [1.54, 1.807) is 35.5 Å². The lowest BCUT2D eigenvalue weighted by Gasteiger charge is -2.21. The van der Waals surface area contributed by atoms with E-state index in [2.05, 4.69) is 9.97 Å². The second kappa shape index (κ2) is 6.21. The summed E-state index contributed by atoms with van der Waals surface area (Å²) < 4.78 is 25.6. The molecule has 134 valence electrons. The molecule has 3 aromatic rings. The Morgan fingerprint density at radius 1 is 1.23 bits per heavy atom. The maximum atomic E-state index is 13.2. The molecule has 4 rings (SSSR count). The van der Waals surface area contributed by atoms with Gasteiger partial charge in [-0.05, 0) is 37.1 Å². The number of aromatic nitrogens is 3. The minimum atomic E-state index is -3.56. The number of nitrogens with zero attached hydrogens (tertiary/aromatic N) is 4. The third kappa shape index (κ3) is 3.08. The molecule has 0 N–H and O–H groups in total. The highest BCUT2D eigenvalue weighted by molar-refractivity contribution is 7.90. The molecule has 7 nitrogen and oxygen atoms in total. The van der Waals surface area contributed by atoms with Gasteiger partial charge in [0.1, 0.15) is 0 Å². The summed E-state index contributed by atoms with van der Waals surface area (Å²) in [6.45, 7) is 0.379. The Bertz CT molecular complexity index is 1070. The van der Waals surface area contributed by atoms with Gasteiger partial charge in [0, 0.05) is 24.7 Å². The summed E-state index contributed by atoms with van der Waals surface area (Å²) in [7, 11) is -3.56. The molecule has 1 aliphatic rings. The van der Waals surface area contributed by atoms with E-state index in [1.165, 1.54) is 4.40 Å². The molecule has 26 heavy (non-hydrogen) atoms. The Balaban J connectivity index is 1.77. The van der Waals surface area contributed by atoms with Crippen LogP contribution in [0.3, 0.4) is 0 Å². The van der Waals surface area contributed by atoms with Crippen molar-refractivity contribution in [3.8, 4) is 0 Å². The summed E-state index contributed by atoms with van der Waals surface area (Å²) in [4.78, 5) is 23.4. The predicted molar refractivity (Wildman–Crippen MR) is 95.4 cm³/mol. The smallest absolute Gasteiger partial charge is 0.275 e. The number of pyridine rings is 2. The molecule has 3 aromatic heterocycles. The van der Waals surface area contributed by atoms with Gasteiger partial charge in [0.05, 0.1) is 17.8 Å². The second-order valence-corrected chi connectivity index (χ2v) is 8.37. The molecule has 3 heterocycles. The molecule has 0 radical (unpaired) electrons. The molecule has 1 amide bonds. The zero-order valence-electron chi connectivity index (χ0n) is 14.2. The minimum Gasteiger partial charge on any atom is -0.328 e. The molecule has 1 aliphatic carbocycles. The summed E-state index contributed by atoms with van der Waals surface area (Å²) in [6.07, 6.45) is 6.26. The van der Waals surface area contributed by atoms with Crippen molar-refractivity contribution < 1.29 is 13.2 Å². The third-order valence-corrected chi connectivity index (χ3v) is 5.31. The molecule has 0 aromatic carbocycles. The average Bonchev–Trinajstić information content (AvgIpc) is 3.38. The number of carbonyl (C=O) groups excluding carboxylic acids is 1. The van der Waals surface area contributed by atoms with Crippen LogP contribution in [0, 0.1) is 0 Å². The van der Waals surface area contributed by atoms with E-state index in [0.29, 0.717) is 12.1 Å². The summed E-state index contributed by atoms with van der Waals surface area (Å²) >= 11 is 0. The van der Waals surface area contributed by atoms with Gasteiger partial charge in [0.15, 0.2) is 5.69 Å². The highest BCUT2D eigenvalue weighted by atomic mass is 32.2. The van der Waals surface area contributed by atoms with E-state index in [0.717, 1.165) is 24.8 Å². The largest absolute Gasteiger partial charge is 0.328 e. The number of fused-ring (bicyclic) bond motifs is 1. The molecular formula is C18H18N4O3S. The Morgan fingerprint density at radius 2 is 2.00 bits per heavy atom. The van der Waals surface area contributed by atoms with Crippen LogP contribution in [0.4, 0.5) is 0 Å². The number of rotatable bonds is 5. The Kier molecular flexibility index (Phi) is 3.99. The first kappa shape index (κ1) is 16.7. The van der Waals surface area contributed by atoms with E-state index in [1.807, 2.05) is 18.2 Å². The van der Waals surface area contributed by atoms with Crippen LogP contribution in [0.1, 0.15) is 29.0 Å². The molecule has 0 aliphatic heterocycles. The lowest BCUT2D eigenvalue weighted by Crippen LogP contribution is -2.33. The molecule has 0 bridgehead atoms. The lowest BCUT2D eigenvalue weighted by molar-refractivity contribution is 0.0724. The van der Waals surface area contributed by atoms with Crippen molar-refractivity contribution in [2.24, 2.45) is 0 Å². The fourth-order valence-electron chi connectivity index (χ4n) is 2.98. The number of hydrogen-bond acceptors (Lipinski definition) is 5. The number of imidazole rings is 1. The highest BCUT2D eigenvalue weighted by Gasteiger charge is 2.35. The second-order valence-electron chi connectivity index (χ2n) is 6.46. The standard InChI is InChI=1S/C18H18N4O3S/c1-26(24,25)18-20-16(15-7-3-5-11-21(15)18)17(23)22(14-8-9-14)12-13-6-2-4-10-19-13/h2-7,10-11,14H,8-9,12H2,1H3. The molecule has 0 spiro atoms. The highest BCUT2D eigenvalue weighted by Crippen LogP contribution is 2.30. The SMILES string of the molecule is CS(=O)(=O)c1nc(C(=O)N(Cc2ccccn2)C2CC2)c2ccccn12. The maximum Gasteiger partial charge on any atom is 0.275 e. The quantitative estimate of drug-likeness (QED) is 0.685. The van der Waals surface area contributed by atoms with E-state index >= 15 is 0 Å². The normalized spacial score (nSPS) is 14.5. The fraction of sp³-hybridized carbons (Fsp3) is 0.278. The summed E-state index contributed by atoms with van der Waals surface area (Å²) in [5.74, 6) is -0.267. The Morgan fingerprint density at radius 3 is 2.65 bits per heavy atom. The summed E-state index contributed by atoms with van der Waals surface area (Å²) in [6, 6.07) is 10.9. The molecule has 0 unspecified atom stereocenters. The van der Waals surface area contributed by atoms with Crippen LogP contribution in [0.2, 0.25) is 0 Å². The predicted octanol–water partition coefficient (Wildman–Crippen LogP) is 1.94. The van der Waals surface area contributed by atoms with Gasteiger partial charge in [-0.1, -0.05) is 12.1 Å². The van der Waals surface area contributed by atoms with Gasteiger partial charge in [-0.3, -0.25) is 14.2 Å². The van der Waals surface area contributed by atoms with Gasteiger partial charge in [-0.15, -0.1) is 0 Å². The summed E-state index contributed by atoms with van der Waals surface area (Å²) in [5.41, 5.74) is 1.44. The maximum absolute atomic E-state index is 13.2. The van der Waals surface area contributed by atoms with Crippen molar-refractivity contribution >= 4 is 21.3 Å². The van der Waals surface area contributed by atoms with Gasteiger partial charge in [-0.2, -0.15) is 0 Å². The van der Waals surface area contributed by atoms with Crippen LogP contribution in [0.15, 0.2) is 53.9 Å². The zero-order valence-corrected chi connectivity index (χ0v) is 15.1. The van der Waals surface area contributed by atoms with Crippen LogP contribution in [-0.2, 0) is 16.4 Å². The number of carbonyl (C=O) groups is 1. The Hall–Kier alpha value is -2.74. The van der Waals surface area contributed by atoms with Crippen molar-refractivity contribution in [2.75, 3.05) is 6.26 Å². The fourth-order valence-corrected chi connectivity index (χ4v) is 3.76. The third-order valence-electron chi connectivity index (χ3n) is 4.36. The first-order valence-electron chi connectivity index (χ1n) is 8.33. The number of amides is 1. The minimum absolute atomic E-state index is 0.120. The van der Waals surface area contributed by atoms with E-state index in [4.69, 9.17) is 0 Å². The van der Waals surface area contributed by atoms with Gasteiger partial charge < -0.3 is 4.90 Å². The van der Waals surface area contributed by atoms with Crippen LogP contribution >= 0.6 is 0 Å². The van der Waals surface area contributed by atoms with Crippen molar-refractivity contribution in [3.05, 3.63) is 60.2 Å². The molecule has 0 atom stereocenters. The van der Waals surface area contributed by atoms with Gasteiger partial charge in [0.2, 0.25) is 15.0 Å². The molecule has 8 heteroatoms. The summed E-state index contributed by atoms with van der Waals surface area (Å²) in [5, 5.41) is -0.120. The molecule has 0 saturated heterocycles. The van der Waals surface area contributed by atoms with Crippen molar-refractivity contribution in [3.63, 3.8) is 0 Å². The molecular weight excluding hydrogens is 352 g/mol. The van der Waals surface area contributed by atoms with Crippen molar-refractivity contribution in [1.82, 2.24) is 19.3 Å². The van der Waals surface area contributed by atoms with E-state index in [9.17, 15) is 13.2 Å². The van der Waals surface area contributed by atoms with Gasteiger partial charge in [-0.25, -0.2) is 13.4 Å². The Labute approximate surface area is 151 Å². The molecule has 1 fully saturated rings. The van der Waals surface area contributed by atoms with E-state index in [-0.39, 0.29) is 22.8 Å². The topological polar surface area (TPSA) is 84.6 Å². The lowest BCUT2D eigenvalue weighted by atomic mass is 10.2. The first-order valence-corrected chi connectivity index (χ1v) is 10.2. The van der Waals surface area contributed by atoms with Crippen LogP contribution in [-0.4, -0.2) is 45.9 Å². The first-order chi connectivity index (χ1) is 12.4. The monoisotopic (exact) mass is 370 g/mol. The van der Waals surface area contributed by atoms with Gasteiger partial charge >= 0.3 is 0 Å².